The van der Waals surface area contributed by atoms with Crippen molar-refractivity contribution in [3.05, 3.63) is 57.7 Å². The van der Waals surface area contributed by atoms with Crippen LogP contribution in [0, 0.1) is 3.57 Å². The Morgan fingerprint density at radius 3 is 2.94 bits per heavy atom. The standard InChI is InChI=1S/C14H9IN2O/c15-11-4-5-12-13(8-11)18-14(17-12)6-3-10-2-1-7-16-9-10/h1-9H/b6-3+. The van der Waals surface area contributed by atoms with E-state index in [1.807, 2.05) is 42.5 Å². The molecular weight excluding hydrogens is 339 g/mol. The summed E-state index contributed by atoms with van der Waals surface area (Å²) < 4.78 is 6.79. The van der Waals surface area contributed by atoms with Crippen molar-refractivity contribution in [2.75, 3.05) is 0 Å². The number of halogens is 1. The number of hydrogen-bond donors (Lipinski definition) is 0. The monoisotopic (exact) mass is 348 g/mol. The van der Waals surface area contributed by atoms with Crippen LogP contribution in [0.15, 0.2) is 47.1 Å². The van der Waals surface area contributed by atoms with Crippen LogP contribution in [0.2, 0.25) is 0 Å². The van der Waals surface area contributed by atoms with Crippen molar-refractivity contribution in [3.63, 3.8) is 0 Å². The maximum Gasteiger partial charge on any atom is 0.220 e. The van der Waals surface area contributed by atoms with E-state index in [0.29, 0.717) is 5.89 Å². The van der Waals surface area contributed by atoms with E-state index in [1.54, 1.807) is 12.4 Å². The van der Waals surface area contributed by atoms with Gasteiger partial charge in [0, 0.05) is 22.0 Å². The van der Waals surface area contributed by atoms with Gasteiger partial charge in [-0.3, -0.25) is 4.98 Å². The van der Waals surface area contributed by atoms with Gasteiger partial charge in [0.2, 0.25) is 5.89 Å². The molecule has 18 heavy (non-hydrogen) atoms. The molecule has 0 amide bonds. The summed E-state index contributed by atoms with van der Waals surface area (Å²) >= 11 is 2.25. The molecule has 3 rings (SSSR count). The van der Waals surface area contributed by atoms with Crippen LogP contribution in [0.5, 0.6) is 0 Å². The van der Waals surface area contributed by atoms with Gasteiger partial charge in [-0.25, -0.2) is 4.98 Å². The van der Waals surface area contributed by atoms with Gasteiger partial charge < -0.3 is 4.42 Å². The molecule has 88 valence electrons. The summed E-state index contributed by atoms with van der Waals surface area (Å²) in [5.74, 6) is 0.607. The highest BCUT2D eigenvalue weighted by Gasteiger charge is 2.02. The molecule has 0 radical (unpaired) electrons. The van der Waals surface area contributed by atoms with Gasteiger partial charge in [-0.05, 0) is 58.5 Å². The van der Waals surface area contributed by atoms with Crippen molar-refractivity contribution in [2.45, 2.75) is 0 Å². The SMILES string of the molecule is Ic1ccc2nc(/C=C/c3cccnc3)oc2c1. The predicted octanol–water partition coefficient (Wildman–Crippen LogP) is 4.00. The van der Waals surface area contributed by atoms with Crippen LogP contribution in [0.25, 0.3) is 23.3 Å². The quantitative estimate of drug-likeness (QED) is 0.657. The summed E-state index contributed by atoms with van der Waals surface area (Å²) in [6.45, 7) is 0. The van der Waals surface area contributed by atoms with E-state index in [-0.39, 0.29) is 0 Å². The molecule has 4 heteroatoms. The van der Waals surface area contributed by atoms with Crippen LogP contribution >= 0.6 is 22.6 Å². The van der Waals surface area contributed by atoms with Gasteiger partial charge in [-0.15, -0.1) is 0 Å². The van der Waals surface area contributed by atoms with E-state index < -0.39 is 0 Å². The number of fused-ring (bicyclic) bond motifs is 1. The molecule has 2 heterocycles. The van der Waals surface area contributed by atoms with Gasteiger partial charge in [0.25, 0.3) is 0 Å². The van der Waals surface area contributed by atoms with Gasteiger partial charge in [-0.1, -0.05) is 6.07 Å². The van der Waals surface area contributed by atoms with E-state index in [4.69, 9.17) is 4.42 Å². The Kier molecular flexibility index (Phi) is 3.10. The number of benzene rings is 1. The molecule has 0 unspecified atom stereocenters. The molecule has 2 aromatic heterocycles. The molecule has 0 fully saturated rings. The van der Waals surface area contributed by atoms with Gasteiger partial charge in [0.1, 0.15) is 5.52 Å². The van der Waals surface area contributed by atoms with E-state index in [0.717, 1.165) is 20.2 Å². The van der Waals surface area contributed by atoms with Crippen LogP contribution in [-0.4, -0.2) is 9.97 Å². The molecule has 0 saturated heterocycles. The molecule has 0 N–H and O–H groups in total. The maximum atomic E-state index is 5.65. The van der Waals surface area contributed by atoms with E-state index >= 15 is 0 Å². The van der Waals surface area contributed by atoms with Crippen molar-refractivity contribution in [2.24, 2.45) is 0 Å². The normalized spacial score (nSPS) is 11.4. The molecule has 0 saturated carbocycles. The zero-order chi connectivity index (χ0) is 12.4. The van der Waals surface area contributed by atoms with Crippen molar-refractivity contribution < 1.29 is 4.42 Å². The summed E-state index contributed by atoms with van der Waals surface area (Å²) in [6.07, 6.45) is 7.33. The summed E-state index contributed by atoms with van der Waals surface area (Å²) in [5.41, 5.74) is 2.71. The minimum Gasteiger partial charge on any atom is -0.437 e. The van der Waals surface area contributed by atoms with Crippen molar-refractivity contribution in [3.8, 4) is 0 Å². The Bertz CT molecular complexity index is 704. The lowest BCUT2D eigenvalue weighted by Gasteiger charge is -1.88. The maximum absolute atomic E-state index is 5.65. The lowest BCUT2D eigenvalue weighted by molar-refractivity contribution is 0.589. The lowest BCUT2D eigenvalue weighted by Crippen LogP contribution is -1.74. The fourth-order valence-corrected chi connectivity index (χ4v) is 2.09. The van der Waals surface area contributed by atoms with Crippen LogP contribution in [0.1, 0.15) is 11.5 Å². The first-order valence-electron chi connectivity index (χ1n) is 5.45. The number of oxazole rings is 1. The Morgan fingerprint density at radius 2 is 2.11 bits per heavy atom. The average molecular weight is 348 g/mol. The minimum atomic E-state index is 0.607. The molecule has 0 spiro atoms. The van der Waals surface area contributed by atoms with Crippen molar-refractivity contribution in [1.82, 2.24) is 9.97 Å². The smallest absolute Gasteiger partial charge is 0.220 e. The molecule has 0 atom stereocenters. The molecule has 0 bridgehead atoms. The minimum absolute atomic E-state index is 0.607. The number of rotatable bonds is 2. The number of hydrogen-bond acceptors (Lipinski definition) is 3. The van der Waals surface area contributed by atoms with Crippen LogP contribution in [0.3, 0.4) is 0 Å². The van der Waals surface area contributed by atoms with Crippen LogP contribution in [-0.2, 0) is 0 Å². The third-order valence-corrected chi connectivity index (χ3v) is 3.14. The Hall–Kier alpha value is -1.69. The molecule has 0 aliphatic rings. The van der Waals surface area contributed by atoms with E-state index in [2.05, 4.69) is 32.6 Å². The third kappa shape index (κ3) is 2.43. The first-order valence-corrected chi connectivity index (χ1v) is 6.53. The second kappa shape index (κ2) is 4.89. The van der Waals surface area contributed by atoms with E-state index in [1.165, 1.54) is 0 Å². The Labute approximate surface area is 118 Å². The van der Waals surface area contributed by atoms with Gasteiger partial charge >= 0.3 is 0 Å². The summed E-state index contributed by atoms with van der Waals surface area (Å²) in [4.78, 5) is 8.44. The Morgan fingerprint density at radius 1 is 1.17 bits per heavy atom. The summed E-state index contributed by atoms with van der Waals surface area (Å²) in [7, 11) is 0. The second-order valence-corrected chi connectivity index (χ2v) is 5.03. The highest BCUT2D eigenvalue weighted by molar-refractivity contribution is 14.1. The Balaban J connectivity index is 1.93. The average Bonchev–Trinajstić information content (AvgIpc) is 2.79. The fraction of sp³-hybridized carbons (Fsp3) is 0. The van der Waals surface area contributed by atoms with Crippen molar-refractivity contribution >= 4 is 45.8 Å². The topological polar surface area (TPSA) is 38.9 Å². The third-order valence-electron chi connectivity index (χ3n) is 2.47. The van der Waals surface area contributed by atoms with E-state index in [9.17, 15) is 0 Å². The first-order chi connectivity index (χ1) is 8.81. The first kappa shape index (κ1) is 11.4. The second-order valence-electron chi connectivity index (χ2n) is 3.78. The fourth-order valence-electron chi connectivity index (χ4n) is 1.63. The number of aromatic nitrogens is 2. The van der Waals surface area contributed by atoms with Gasteiger partial charge in [0.15, 0.2) is 5.58 Å². The zero-order valence-electron chi connectivity index (χ0n) is 9.38. The molecule has 3 aromatic rings. The predicted molar refractivity (Wildman–Crippen MR) is 79.9 cm³/mol. The highest BCUT2D eigenvalue weighted by atomic mass is 127. The van der Waals surface area contributed by atoms with Gasteiger partial charge in [-0.2, -0.15) is 0 Å². The summed E-state index contributed by atoms with van der Waals surface area (Å²) in [6, 6.07) is 9.83. The van der Waals surface area contributed by atoms with Gasteiger partial charge in [0.05, 0.1) is 0 Å². The number of pyridine rings is 1. The summed E-state index contributed by atoms with van der Waals surface area (Å²) in [5, 5.41) is 0. The zero-order valence-corrected chi connectivity index (χ0v) is 11.5. The number of nitrogens with zero attached hydrogens (tertiary/aromatic N) is 2. The molecular formula is C14H9IN2O. The molecule has 1 aromatic carbocycles. The lowest BCUT2D eigenvalue weighted by atomic mass is 10.2. The molecule has 0 aliphatic carbocycles. The molecule has 3 nitrogen and oxygen atoms in total. The molecule has 0 aliphatic heterocycles. The van der Waals surface area contributed by atoms with Crippen LogP contribution < -0.4 is 0 Å². The largest absolute Gasteiger partial charge is 0.437 e. The highest BCUT2D eigenvalue weighted by Crippen LogP contribution is 2.19. The van der Waals surface area contributed by atoms with Crippen molar-refractivity contribution in [1.29, 1.82) is 0 Å². The van der Waals surface area contributed by atoms with Crippen LogP contribution in [0.4, 0.5) is 0 Å².